The van der Waals surface area contributed by atoms with Gasteiger partial charge in [0.05, 0.1) is 11.6 Å². The standard InChI is InChI=1S/C28H28N4O2/c1-4-27(33)31-16-6-8-22(18-31)32-25-14-15-29-17-24(25)28(30-32)21-10-12-23(13-11-21)34-26-9-5-7-19(2)20(26)3/h4-5,7,9-15,17,22H,1,6,8,16,18H2,2-3H3. The first-order chi connectivity index (χ1) is 16.5. The third-order valence-electron chi connectivity index (χ3n) is 6.65. The van der Waals surface area contributed by atoms with Gasteiger partial charge in [-0.3, -0.25) is 14.5 Å². The van der Waals surface area contributed by atoms with Crippen LogP contribution < -0.4 is 4.74 Å². The third kappa shape index (κ3) is 4.07. The van der Waals surface area contributed by atoms with Crippen LogP contribution in [0.5, 0.6) is 11.5 Å². The van der Waals surface area contributed by atoms with Crippen LogP contribution >= 0.6 is 0 Å². The van der Waals surface area contributed by atoms with E-state index < -0.39 is 0 Å². The molecule has 6 heteroatoms. The molecule has 0 saturated carbocycles. The molecule has 2 aromatic carbocycles. The number of aromatic nitrogens is 3. The maximum atomic E-state index is 12.2. The highest BCUT2D eigenvalue weighted by molar-refractivity contribution is 5.93. The summed E-state index contributed by atoms with van der Waals surface area (Å²) in [4.78, 5) is 18.4. The normalized spacial score (nSPS) is 15.9. The number of likely N-dealkylation sites (tertiary alicyclic amines) is 1. The lowest BCUT2D eigenvalue weighted by atomic mass is 10.1. The van der Waals surface area contributed by atoms with Gasteiger partial charge in [-0.05, 0) is 80.3 Å². The van der Waals surface area contributed by atoms with Crippen LogP contribution in [0.4, 0.5) is 0 Å². The molecule has 0 spiro atoms. The molecule has 1 amide bonds. The van der Waals surface area contributed by atoms with Gasteiger partial charge in [0.2, 0.25) is 5.91 Å². The summed E-state index contributed by atoms with van der Waals surface area (Å²) in [5.74, 6) is 1.62. The Morgan fingerprint density at radius 3 is 2.76 bits per heavy atom. The van der Waals surface area contributed by atoms with Crippen LogP contribution in [0.2, 0.25) is 0 Å². The first-order valence-corrected chi connectivity index (χ1v) is 11.6. The van der Waals surface area contributed by atoms with Gasteiger partial charge < -0.3 is 9.64 Å². The Hall–Kier alpha value is -3.93. The lowest BCUT2D eigenvalue weighted by molar-refractivity contribution is -0.127. The van der Waals surface area contributed by atoms with Gasteiger partial charge in [-0.25, -0.2) is 0 Å². The molecule has 0 N–H and O–H groups in total. The minimum atomic E-state index is -0.0255. The van der Waals surface area contributed by atoms with Crippen molar-refractivity contribution in [2.24, 2.45) is 0 Å². The summed E-state index contributed by atoms with van der Waals surface area (Å²) < 4.78 is 8.19. The van der Waals surface area contributed by atoms with E-state index in [0.717, 1.165) is 58.6 Å². The summed E-state index contributed by atoms with van der Waals surface area (Å²) in [6.45, 7) is 9.18. The summed E-state index contributed by atoms with van der Waals surface area (Å²) in [7, 11) is 0. The highest BCUT2D eigenvalue weighted by atomic mass is 16.5. The minimum Gasteiger partial charge on any atom is -0.457 e. The van der Waals surface area contributed by atoms with E-state index in [4.69, 9.17) is 9.84 Å². The number of benzene rings is 2. The molecule has 172 valence electrons. The molecular weight excluding hydrogens is 424 g/mol. The molecule has 1 saturated heterocycles. The second-order valence-electron chi connectivity index (χ2n) is 8.79. The molecule has 4 aromatic rings. The summed E-state index contributed by atoms with van der Waals surface area (Å²) in [6.07, 6.45) is 6.96. The Morgan fingerprint density at radius 2 is 1.97 bits per heavy atom. The van der Waals surface area contributed by atoms with Gasteiger partial charge >= 0.3 is 0 Å². The van der Waals surface area contributed by atoms with Crippen LogP contribution in [0.25, 0.3) is 22.2 Å². The highest BCUT2D eigenvalue weighted by Gasteiger charge is 2.26. The monoisotopic (exact) mass is 452 g/mol. The van der Waals surface area contributed by atoms with Crippen molar-refractivity contribution >= 4 is 16.8 Å². The van der Waals surface area contributed by atoms with Crippen LogP contribution in [-0.4, -0.2) is 38.7 Å². The van der Waals surface area contributed by atoms with Crippen molar-refractivity contribution in [3.05, 3.63) is 84.7 Å². The second-order valence-corrected chi connectivity index (χ2v) is 8.79. The van der Waals surface area contributed by atoms with Gasteiger partial charge in [-0.15, -0.1) is 0 Å². The lowest BCUT2D eigenvalue weighted by Gasteiger charge is -2.32. The Bertz CT molecular complexity index is 1360. The van der Waals surface area contributed by atoms with Crippen molar-refractivity contribution in [2.75, 3.05) is 13.1 Å². The number of ether oxygens (including phenoxy) is 1. The zero-order chi connectivity index (χ0) is 23.7. The van der Waals surface area contributed by atoms with E-state index in [9.17, 15) is 4.79 Å². The summed E-state index contributed by atoms with van der Waals surface area (Å²) in [6, 6.07) is 16.2. The molecule has 34 heavy (non-hydrogen) atoms. The summed E-state index contributed by atoms with van der Waals surface area (Å²) in [5.41, 5.74) is 5.25. The second kappa shape index (κ2) is 9.14. The molecule has 1 aliphatic rings. The summed E-state index contributed by atoms with van der Waals surface area (Å²) in [5, 5.41) is 6.01. The van der Waals surface area contributed by atoms with E-state index in [1.807, 2.05) is 53.6 Å². The van der Waals surface area contributed by atoms with Crippen LogP contribution in [-0.2, 0) is 4.79 Å². The van der Waals surface area contributed by atoms with Crippen molar-refractivity contribution in [1.29, 1.82) is 0 Å². The molecular formula is C28H28N4O2. The molecule has 6 nitrogen and oxygen atoms in total. The number of carbonyl (C=O) groups is 1. The zero-order valence-corrected chi connectivity index (χ0v) is 19.6. The van der Waals surface area contributed by atoms with Crippen molar-refractivity contribution in [1.82, 2.24) is 19.7 Å². The van der Waals surface area contributed by atoms with Crippen molar-refractivity contribution < 1.29 is 9.53 Å². The van der Waals surface area contributed by atoms with Crippen molar-refractivity contribution in [3.63, 3.8) is 0 Å². The Morgan fingerprint density at radius 1 is 1.15 bits per heavy atom. The fraction of sp³-hybridized carbons (Fsp3) is 0.250. The third-order valence-corrected chi connectivity index (χ3v) is 6.65. The lowest BCUT2D eigenvalue weighted by Crippen LogP contribution is -2.40. The molecule has 0 radical (unpaired) electrons. The SMILES string of the molecule is C=CC(=O)N1CCCC(n2nc(-c3ccc(Oc4cccc(C)c4C)cc3)c3cnccc32)C1. The minimum absolute atomic E-state index is 0.0255. The Labute approximate surface area is 199 Å². The van der Waals surface area contributed by atoms with Crippen LogP contribution in [0.3, 0.4) is 0 Å². The highest BCUT2D eigenvalue weighted by Crippen LogP contribution is 2.34. The number of piperidine rings is 1. The first kappa shape index (κ1) is 21.9. The molecule has 2 aromatic heterocycles. The average Bonchev–Trinajstić information content (AvgIpc) is 3.27. The number of hydrogen-bond donors (Lipinski definition) is 0. The van der Waals surface area contributed by atoms with E-state index in [1.54, 1.807) is 6.20 Å². The molecule has 5 rings (SSSR count). The number of rotatable bonds is 5. The van der Waals surface area contributed by atoms with E-state index in [2.05, 4.69) is 36.2 Å². The van der Waals surface area contributed by atoms with E-state index in [1.165, 1.54) is 11.6 Å². The van der Waals surface area contributed by atoms with Gasteiger partial charge in [0.25, 0.3) is 0 Å². The Kier molecular flexibility index (Phi) is 5.88. The van der Waals surface area contributed by atoms with Crippen LogP contribution in [0, 0.1) is 13.8 Å². The number of nitrogens with zero attached hydrogens (tertiary/aromatic N) is 4. The van der Waals surface area contributed by atoms with Crippen LogP contribution in [0.1, 0.15) is 30.0 Å². The molecule has 1 atom stereocenters. The van der Waals surface area contributed by atoms with Crippen molar-refractivity contribution in [3.8, 4) is 22.8 Å². The van der Waals surface area contributed by atoms with Gasteiger partial charge in [0, 0.05) is 36.4 Å². The molecule has 1 aliphatic heterocycles. The predicted molar refractivity (Wildman–Crippen MR) is 134 cm³/mol. The largest absolute Gasteiger partial charge is 0.457 e. The van der Waals surface area contributed by atoms with Crippen molar-refractivity contribution in [2.45, 2.75) is 32.7 Å². The zero-order valence-electron chi connectivity index (χ0n) is 19.6. The van der Waals surface area contributed by atoms with Gasteiger partial charge in [-0.2, -0.15) is 5.10 Å². The number of pyridine rings is 1. The molecule has 1 fully saturated rings. The van der Waals surface area contributed by atoms with E-state index in [-0.39, 0.29) is 11.9 Å². The number of amides is 1. The van der Waals surface area contributed by atoms with Crippen LogP contribution in [0.15, 0.2) is 73.6 Å². The van der Waals surface area contributed by atoms with Gasteiger partial charge in [0.1, 0.15) is 17.2 Å². The molecule has 0 bridgehead atoms. The average molecular weight is 453 g/mol. The summed E-state index contributed by atoms with van der Waals surface area (Å²) >= 11 is 0. The van der Waals surface area contributed by atoms with E-state index in [0.29, 0.717) is 6.54 Å². The Balaban J connectivity index is 1.46. The number of fused-ring (bicyclic) bond motifs is 1. The maximum Gasteiger partial charge on any atom is 0.246 e. The molecule has 0 aliphatic carbocycles. The van der Waals surface area contributed by atoms with Gasteiger partial charge in [-0.1, -0.05) is 18.7 Å². The predicted octanol–water partition coefficient (Wildman–Crippen LogP) is 5.86. The smallest absolute Gasteiger partial charge is 0.246 e. The van der Waals surface area contributed by atoms with E-state index >= 15 is 0 Å². The first-order valence-electron chi connectivity index (χ1n) is 11.6. The molecule has 3 heterocycles. The number of carbonyl (C=O) groups excluding carboxylic acids is 1. The fourth-order valence-electron chi connectivity index (χ4n) is 4.60. The molecule has 1 unspecified atom stereocenters. The quantitative estimate of drug-likeness (QED) is 0.356. The maximum absolute atomic E-state index is 12.2. The topological polar surface area (TPSA) is 60.2 Å². The number of hydrogen-bond acceptors (Lipinski definition) is 4. The number of aryl methyl sites for hydroxylation is 1. The fourth-order valence-corrected chi connectivity index (χ4v) is 4.60. The van der Waals surface area contributed by atoms with Gasteiger partial charge in [0.15, 0.2) is 0 Å².